The topological polar surface area (TPSA) is 28.7 Å². The molecular formula is C12H12N2S. The van der Waals surface area contributed by atoms with Crippen molar-refractivity contribution >= 4 is 12.2 Å². The summed E-state index contributed by atoms with van der Waals surface area (Å²) < 4.78 is 0.628. The van der Waals surface area contributed by atoms with Gasteiger partial charge in [0.25, 0.3) is 0 Å². The van der Waals surface area contributed by atoms with Crippen LogP contribution >= 0.6 is 12.2 Å². The molecule has 1 aromatic carbocycles. The largest absolute Gasteiger partial charge is 0.343 e. The second-order valence-corrected chi connectivity index (χ2v) is 4.01. The Morgan fingerprint density at radius 1 is 1.20 bits per heavy atom. The van der Waals surface area contributed by atoms with Crippen molar-refractivity contribution in [3.63, 3.8) is 0 Å². The summed E-state index contributed by atoms with van der Waals surface area (Å²) in [6, 6.07) is 10.2. The molecule has 2 nitrogen and oxygen atoms in total. The van der Waals surface area contributed by atoms with E-state index in [0.717, 1.165) is 17.1 Å². The van der Waals surface area contributed by atoms with Crippen molar-refractivity contribution in [1.82, 2.24) is 9.97 Å². The lowest BCUT2D eigenvalue weighted by molar-refractivity contribution is 1.05. The fourth-order valence-corrected chi connectivity index (χ4v) is 1.80. The summed E-state index contributed by atoms with van der Waals surface area (Å²) in [5.74, 6) is 0.846. The molecule has 3 heteroatoms. The first-order valence-corrected chi connectivity index (χ1v) is 5.21. The molecule has 0 fully saturated rings. The molecule has 0 aliphatic heterocycles. The summed E-state index contributed by atoms with van der Waals surface area (Å²) in [7, 11) is 0. The van der Waals surface area contributed by atoms with Crippen LogP contribution in [0.4, 0.5) is 0 Å². The first-order chi connectivity index (χ1) is 7.15. The summed E-state index contributed by atoms with van der Waals surface area (Å²) in [5, 5.41) is 0. The molecule has 0 atom stereocenters. The zero-order valence-corrected chi connectivity index (χ0v) is 9.56. The van der Waals surface area contributed by atoms with Crippen molar-refractivity contribution in [2.45, 2.75) is 13.8 Å². The van der Waals surface area contributed by atoms with E-state index in [0.29, 0.717) is 4.64 Å². The van der Waals surface area contributed by atoms with E-state index in [9.17, 15) is 0 Å². The van der Waals surface area contributed by atoms with Crippen LogP contribution in [0.25, 0.3) is 11.3 Å². The number of nitrogens with zero attached hydrogens (tertiary/aromatic N) is 1. The SMILES string of the molecule is Cc1cccc(-c2cc(=S)nc(C)[nH]2)c1. The Hall–Kier alpha value is -1.48. The summed E-state index contributed by atoms with van der Waals surface area (Å²) in [6.45, 7) is 3.99. The van der Waals surface area contributed by atoms with E-state index in [4.69, 9.17) is 12.2 Å². The smallest absolute Gasteiger partial charge is 0.130 e. The third-order valence-electron chi connectivity index (χ3n) is 2.19. The van der Waals surface area contributed by atoms with Crippen molar-refractivity contribution in [3.8, 4) is 11.3 Å². The lowest BCUT2D eigenvalue weighted by Gasteiger charge is -2.04. The van der Waals surface area contributed by atoms with Crippen LogP contribution in [0.5, 0.6) is 0 Å². The van der Waals surface area contributed by atoms with Gasteiger partial charge in [-0.3, -0.25) is 0 Å². The van der Waals surface area contributed by atoms with Gasteiger partial charge in [-0.15, -0.1) is 0 Å². The summed E-state index contributed by atoms with van der Waals surface area (Å²) in [4.78, 5) is 7.36. The highest BCUT2D eigenvalue weighted by Gasteiger charge is 1.99. The van der Waals surface area contributed by atoms with Crippen molar-refractivity contribution in [2.75, 3.05) is 0 Å². The fourth-order valence-electron chi connectivity index (χ4n) is 1.55. The summed E-state index contributed by atoms with van der Waals surface area (Å²) in [6.07, 6.45) is 0. The van der Waals surface area contributed by atoms with Crippen LogP contribution in [-0.4, -0.2) is 9.97 Å². The van der Waals surface area contributed by atoms with E-state index >= 15 is 0 Å². The minimum Gasteiger partial charge on any atom is -0.343 e. The molecule has 0 bridgehead atoms. The minimum absolute atomic E-state index is 0.628. The third kappa shape index (κ3) is 2.30. The Balaban J connectivity index is 2.59. The van der Waals surface area contributed by atoms with Crippen LogP contribution in [0.1, 0.15) is 11.4 Å². The maximum Gasteiger partial charge on any atom is 0.130 e. The van der Waals surface area contributed by atoms with Crippen molar-refractivity contribution < 1.29 is 0 Å². The Kier molecular flexibility index (Phi) is 2.64. The van der Waals surface area contributed by atoms with Gasteiger partial charge in [0.2, 0.25) is 0 Å². The van der Waals surface area contributed by atoms with E-state index in [2.05, 4.69) is 35.1 Å². The van der Waals surface area contributed by atoms with Crippen LogP contribution in [-0.2, 0) is 0 Å². The van der Waals surface area contributed by atoms with Gasteiger partial charge in [0, 0.05) is 5.69 Å². The van der Waals surface area contributed by atoms with E-state index in [-0.39, 0.29) is 0 Å². The Bertz CT molecular complexity index is 543. The van der Waals surface area contributed by atoms with Gasteiger partial charge in [-0.05, 0) is 31.5 Å². The molecule has 1 heterocycles. The van der Waals surface area contributed by atoms with Gasteiger partial charge in [0.1, 0.15) is 10.5 Å². The van der Waals surface area contributed by atoms with Gasteiger partial charge in [0.15, 0.2) is 0 Å². The van der Waals surface area contributed by atoms with E-state index in [1.54, 1.807) is 0 Å². The second kappa shape index (κ2) is 3.95. The molecule has 76 valence electrons. The molecule has 1 N–H and O–H groups in total. The highest BCUT2D eigenvalue weighted by molar-refractivity contribution is 7.71. The normalized spacial score (nSPS) is 10.3. The number of aromatic amines is 1. The molecule has 0 aliphatic rings. The molecule has 0 amide bonds. The number of H-pyrrole nitrogens is 1. The number of aromatic nitrogens is 2. The van der Waals surface area contributed by atoms with Gasteiger partial charge >= 0.3 is 0 Å². The highest BCUT2D eigenvalue weighted by Crippen LogP contribution is 2.17. The molecular weight excluding hydrogens is 204 g/mol. The maximum absolute atomic E-state index is 5.09. The molecule has 15 heavy (non-hydrogen) atoms. The van der Waals surface area contributed by atoms with E-state index < -0.39 is 0 Å². The molecule has 2 aromatic rings. The first-order valence-electron chi connectivity index (χ1n) is 4.80. The molecule has 0 unspecified atom stereocenters. The van der Waals surface area contributed by atoms with Crippen molar-refractivity contribution in [3.05, 3.63) is 46.4 Å². The summed E-state index contributed by atoms with van der Waals surface area (Å²) >= 11 is 5.09. The standard InChI is InChI=1S/C12H12N2S/c1-8-4-3-5-10(6-8)11-7-12(15)14-9(2)13-11/h3-7H,1-2H3,(H,13,14,15). The van der Waals surface area contributed by atoms with Crippen LogP contribution in [0.2, 0.25) is 0 Å². The zero-order chi connectivity index (χ0) is 10.8. The number of hydrogen-bond donors (Lipinski definition) is 1. The second-order valence-electron chi connectivity index (χ2n) is 3.59. The lowest BCUT2D eigenvalue weighted by Crippen LogP contribution is -1.91. The number of aryl methyl sites for hydroxylation is 2. The number of benzene rings is 1. The Morgan fingerprint density at radius 2 is 2.00 bits per heavy atom. The van der Waals surface area contributed by atoms with Crippen LogP contribution in [0.15, 0.2) is 30.3 Å². The van der Waals surface area contributed by atoms with Crippen molar-refractivity contribution in [1.29, 1.82) is 0 Å². The van der Waals surface area contributed by atoms with Crippen LogP contribution in [0.3, 0.4) is 0 Å². The highest BCUT2D eigenvalue weighted by atomic mass is 32.1. The molecule has 0 spiro atoms. The quantitative estimate of drug-likeness (QED) is 0.740. The Labute approximate surface area is 94.0 Å². The lowest BCUT2D eigenvalue weighted by atomic mass is 10.1. The van der Waals surface area contributed by atoms with Gasteiger partial charge in [-0.25, -0.2) is 4.98 Å². The number of nitrogens with one attached hydrogen (secondary N) is 1. The van der Waals surface area contributed by atoms with E-state index in [1.807, 2.05) is 19.1 Å². The van der Waals surface area contributed by atoms with Gasteiger partial charge in [0.05, 0.1) is 0 Å². The van der Waals surface area contributed by atoms with Crippen LogP contribution < -0.4 is 0 Å². The van der Waals surface area contributed by atoms with Gasteiger partial charge in [-0.1, -0.05) is 36.0 Å². The van der Waals surface area contributed by atoms with Crippen molar-refractivity contribution in [2.24, 2.45) is 0 Å². The molecule has 0 saturated heterocycles. The summed E-state index contributed by atoms with van der Waals surface area (Å²) in [5.41, 5.74) is 3.41. The minimum atomic E-state index is 0.628. The predicted octanol–water partition coefficient (Wildman–Crippen LogP) is 3.42. The molecule has 0 saturated carbocycles. The van der Waals surface area contributed by atoms with E-state index in [1.165, 1.54) is 5.56 Å². The third-order valence-corrected chi connectivity index (χ3v) is 2.40. The predicted molar refractivity (Wildman–Crippen MR) is 64.3 cm³/mol. The molecule has 2 rings (SSSR count). The maximum atomic E-state index is 5.09. The van der Waals surface area contributed by atoms with Crippen LogP contribution in [0, 0.1) is 18.5 Å². The van der Waals surface area contributed by atoms with Gasteiger partial charge in [-0.2, -0.15) is 0 Å². The average Bonchev–Trinajstić information content (AvgIpc) is 2.16. The monoisotopic (exact) mass is 216 g/mol. The zero-order valence-electron chi connectivity index (χ0n) is 8.74. The van der Waals surface area contributed by atoms with Gasteiger partial charge < -0.3 is 4.98 Å². The number of rotatable bonds is 1. The average molecular weight is 216 g/mol. The molecule has 0 radical (unpaired) electrons. The number of hydrogen-bond acceptors (Lipinski definition) is 2. The molecule has 1 aromatic heterocycles. The first kappa shape index (κ1) is 10.1. The fraction of sp³-hybridized carbons (Fsp3) is 0.167. The Morgan fingerprint density at radius 3 is 2.67 bits per heavy atom. The molecule has 0 aliphatic carbocycles.